The van der Waals surface area contributed by atoms with Crippen molar-refractivity contribution in [2.45, 2.75) is 58.3 Å². The van der Waals surface area contributed by atoms with Crippen LogP contribution in [0.2, 0.25) is 0 Å². The minimum Gasteiger partial charge on any atom is -0.485 e. The average Bonchev–Trinajstić information content (AvgIpc) is 3.45. The first-order valence-electron chi connectivity index (χ1n) is 15.2. The van der Waals surface area contributed by atoms with Crippen LogP contribution in [0.4, 0.5) is 11.4 Å². The van der Waals surface area contributed by atoms with Gasteiger partial charge in [0.2, 0.25) is 11.7 Å². The van der Waals surface area contributed by atoms with Crippen molar-refractivity contribution >= 4 is 34.6 Å². The van der Waals surface area contributed by atoms with Crippen LogP contribution in [-0.2, 0) is 23.7 Å². The van der Waals surface area contributed by atoms with E-state index in [1.165, 1.54) is 0 Å². The molecule has 0 radical (unpaired) electrons. The van der Waals surface area contributed by atoms with Crippen LogP contribution in [0.25, 0.3) is 11.4 Å². The molecule has 1 saturated heterocycles. The summed E-state index contributed by atoms with van der Waals surface area (Å²) in [5.74, 6) is 0.128. The van der Waals surface area contributed by atoms with Crippen LogP contribution >= 0.6 is 0 Å². The Balaban J connectivity index is 1.24. The van der Waals surface area contributed by atoms with Gasteiger partial charge in [0, 0.05) is 46.1 Å². The smallest absolute Gasteiger partial charge is 0.294 e. The molecule has 13 nitrogen and oxygen atoms in total. The standard InChI is InChI=1S/C32H43N7O6/c1-20-23(16-22(18-33-20)34-28(40)8-11-38-13-9-32(2,3)10-14-38)35-31(41)30-37-36-27-15-21(7-12-39(27)30)24-17-25(43-5)29(44-6)26(45-24)19-42-4/h7,12,15-18,25-26,29H,8-11,13-14,19H2,1-6H3,(H,34,40)(H,35,41)/t25-,26-,29+/m1/s1. The zero-order valence-corrected chi connectivity index (χ0v) is 26.8. The maximum Gasteiger partial charge on any atom is 0.294 e. The van der Waals surface area contributed by atoms with Crippen molar-refractivity contribution in [1.29, 1.82) is 0 Å². The summed E-state index contributed by atoms with van der Waals surface area (Å²) >= 11 is 0. The number of ether oxygens (including phenoxy) is 4. The van der Waals surface area contributed by atoms with Crippen molar-refractivity contribution in [3.05, 3.63) is 53.8 Å². The third-order valence-corrected chi connectivity index (χ3v) is 8.54. The Morgan fingerprint density at radius 2 is 1.87 bits per heavy atom. The van der Waals surface area contributed by atoms with Crippen molar-refractivity contribution in [2.24, 2.45) is 5.41 Å². The zero-order chi connectivity index (χ0) is 32.1. The van der Waals surface area contributed by atoms with Gasteiger partial charge in [-0.15, -0.1) is 10.2 Å². The molecule has 0 spiro atoms. The summed E-state index contributed by atoms with van der Waals surface area (Å²) in [5, 5.41) is 14.1. The number of carbonyl (C=O) groups is 2. The summed E-state index contributed by atoms with van der Waals surface area (Å²) in [6.45, 7) is 9.41. The number of piperidine rings is 1. The number of pyridine rings is 2. The number of aromatic nitrogens is 4. The molecule has 2 N–H and O–H groups in total. The van der Waals surface area contributed by atoms with Gasteiger partial charge in [0.15, 0.2) is 11.8 Å². The fourth-order valence-corrected chi connectivity index (χ4v) is 5.64. The molecule has 2 aliphatic heterocycles. The van der Waals surface area contributed by atoms with Crippen molar-refractivity contribution in [1.82, 2.24) is 24.5 Å². The number of hydrogen-bond acceptors (Lipinski definition) is 10. The van der Waals surface area contributed by atoms with E-state index in [0.29, 0.717) is 53.5 Å². The molecule has 5 heterocycles. The summed E-state index contributed by atoms with van der Waals surface area (Å²) in [7, 11) is 4.83. The van der Waals surface area contributed by atoms with E-state index in [2.05, 4.69) is 44.6 Å². The normalized spacial score (nSPS) is 21.6. The molecule has 0 aliphatic carbocycles. The van der Waals surface area contributed by atoms with E-state index < -0.39 is 5.91 Å². The lowest BCUT2D eigenvalue weighted by atomic mass is 9.83. The van der Waals surface area contributed by atoms with Gasteiger partial charge in [-0.1, -0.05) is 13.8 Å². The summed E-state index contributed by atoms with van der Waals surface area (Å²) in [5.41, 5.74) is 3.14. The molecule has 2 amide bonds. The second-order valence-electron chi connectivity index (χ2n) is 12.3. The Kier molecular flexibility index (Phi) is 10.1. The number of fused-ring (bicyclic) bond motifs is 1. The van der Waals surface area contributed by atoms with E-state index >= 15 is 0 Å². The van der Waals surface area contributed by atoms with E-state index in [9.17, 15) is 9.59 Å². The van der Waals surface area contributed by atoms with E-state index in [1.807, 2.05) is 12.1 Å². The SMILES string of the molecule is COC[C@H]1OC(c2ccn3c(C(=O)Nc4cc(NC(=O)CCN5CCC(C)(C)CC5)cnc4C)nnc3c2)=C[C@@H](OC)[C@@H]1OC. The maximum atomic E-state index is 13.3. The second kappa shape index (κ2) is 14.0. The highest BCUT2D eigenvalue weighted by Gasteiger charge is 2.36. The van der Waals surface area contributed by atoms with Crippen molar-refractivity contribution in [3.63, 3.8) is 0 Å². The lowest BCUT2D eigenvalue weighted by Gasteiger charge is -2.36. The number of amides is 2. The third-order valence-electron chi connectivity index (χ3n) is 8.54. The number of carbonyl (C=O) groups excluding carboxylic acids is 2. The van der Waals surface area contributed by atoms with E-state index in [0.717, 1.165) is 31.5 Å². The van der Waals surface area contributed by atoms with Gasteiger partial charge < -0.3 is 34.5 Å². The molecule has 3 atom stereocenters. The molecular formula is C32H43N7O6. The average molecular weight is 622 g/mol. The molecule has 1 fully saturated rings. The minimum absolute atomic E-state index is 0.0952. The predicted octanol–water partition coefficient (Wildman–Crippen LogP) is 3.55. The van der Waals surface area contributed by atoms with E-state index in [4.69, 9.17) is 18.9 Å². The summed E-state index contributed by atoms with van der Waals surface area (Å²) in [4.78, 5) is 32.7. The van der Waals surface area contributed by atoms with Crippen LogP contribution in [0, 0.1) is 12.3 Å². The molecule has 2 aliphatic rings. The topological polar surface area (TPSA) is 141 Å². The second-order valence-corrected chi connectivity index (χ2v) is 12.3. The molecule has 0 aromatic carbocycles. The van der Waals surface area contributed by atoms with Crippen molar-refractivity contribution in [3.8, 4) is 0 Å². The molecule has 0 unspecified atom stereocenters. The molecule has 0 saturated carbocycles. The highest BCUT2D eigenvalue weighted by molar-refractivity contribution is 6.03. The monoisotopic (exact) mass is 621 g/mol. The van der Waals surface area contributed by atoms with Crippen molar-refractivity contribution in [2.75, 3.05) is 58.2 Å². The molecule has 3 aromatic heterocycles. The number of likely N-dealkylation sites (tertiary alicyclic amines) is 1. The first-order valence-corrected chi connectivity index (χ1v) is 15.2. The highest BCUT2D eigenvalue weighted by atomic mass is 16.6. The minimum atomic E-state index is -0.465. The van der Waals surface area contributed by atoms with Crippen LogP contribution in [0.5, 0.6) is 0 Å². The molecule has 45 heavy (non-hydrogen) atoms. The predicted molar refractivity (Wildman–Crippen MR) is 169 cm³/mol. The lowest BCUT2D eigenvalue weighted by Crippen LogP contribution is -2.45. The zero-order valence-electron chi connectivity index (χ0n) is 26.8. The highest BCUT2D eigenvalue weighted by Crippen LogP contribution is 2.31. The largest absolute Gasteiger partial charge is 0.485 e. The quantitative estimate of drug-likeness (QED) is 0.327. The fraction of sp³-hybridized carbons (Fsp3) is 0.531. The molecular weight excluding hydrogens is 578 g/mol. The molecule has 242 valence electrons. The fourth-order valence-electron chi connectivity index (χ4n) is 5.64. The Morgan fingerprint density at radius 3 is 2.58 bits per heavy atom. The maximum absolute atomic E-state index is 13.3. The Hall–Kier alpha value is -3.91. The summed E-state index contributed by atoms with van der Waals surface area (Å²) < 4.78 is 24.3. The number of aryl methyl sites for hydroxylation is 1. The lowest BCUT2D eigenvalue weighted by molar-refractivity contribution is -0.116. The van der Waals surface area contributed by atoms with Gasteiger partial charge in [0.25, 0.3) is 5.91 Å². The number of rotatable bonds is 11. The molecule has 3 aromatic rings. The molecule has 5 rings (SSSR count). The Morgan fingerprint density at radius 1 is 1.09 bits per heavy atom. The van der Waals surface area contributed by atoms with Gasteiger partial charge >= 0.3 is 0 Å². The number of nitrogens with one attached hydrogen (secondary N) is 2. The summed E-state index contributed by atoms with van der Waals surface area (Å²) in [6, 6.07) is 5.30. The first kappa shape index (κ1) is 32.5. The van der Waals surface area contributed by atoms with Gasteiger partial charge in [-0.2, -0.15) is 0 Å². The van der Waals surface area contributed by atoms with E-state index in [1.54, 1.807) is 57.2 Å². The number of anilines is 2. The summed E-state index contributed by atoms with van der Waals surface area (Å²) in [6.07, 6.45) is 6.76. The molecule has 0 bridgehead atoms. The van der Waals surface area contributed by atoms with Crippen LogP contribution in [-0.4, -0.2) is 102 Å². The van der Waals surface area contributed by atoms with Gasteiger partial charge in [-0.25, -0.2) is 0 Å². The van der Waals surface area contributed by atoms with E-state index in [-0.39, 0.29) is 30.0 Å². The number of nitrogens with zero attached hydrogens (tertiary/aromatic N) is 5. The van der Waals surface area contributed by atoms with Crippen LogP contribution < -0.4 is 10.6 Å². The van der Waals surface area contributed by atoms with Gasteiger partial charge in [-0.3, -0.25) is 19.0 Å². The number of methoxy groups -OCH3 is 3. The third kappa shape index (κ3) is 7.67. The van der Waals surface area contributed by atoms with Gasteiger partial charge in [0.1, 0.15) is 18.0 Å². The van der Waals surface area contributed by atoms with Crippen LogP contribution in [0.3, 0.4) is 0 Å². The van der Waals surface area contributed by atoms with Crippen LogP contribution in [0.15, 0.2) is 36.7 Å². The van der Waals surface area contributed by atoms with Gasteiger partial charge in [0.05, 0.1) is 29.9 Å². The van der Waals surface area contributed by atoms with Crippen LogP contribution in [0.1, 0.15) is 55.0 Å². The van der Waals surface area contributed by atoms with Gasteiger partial charge in [-0.05, 0) is 62.5 Å². The first-order chi connectivity index (χ1) is 21.6. The molecule has 13 heteroatoms. The Bertz CT molecular complexity index is 1540. The van der Waals surface area contributed by atoms with Crippen molar-refractivity contribution < 1.29 is 28.5 Å². The Labute approximate surface area is 263 Å². The number of hydrogen-bond donors (Lipinski definition) is 2.